The van der Waals surface area contributed by atoms with E-state index in [4.69, 9.17) is 4.52 Å². The highest BCUT2D eigenvalue weighted by molar-refractivity contribution is 5.87. The lowest BCUT2D eigenvalue weighted by Gasteiger charge is -2.32. The predicted molar refractivity (Wildman–Crippen MR) is 87.2 cm³/mol. The van der Waals surface area contributed by atoms with Crippen LogP contribution in [0.4, 0.5) is 5.82 Å². The quantitative estimate of drug-likeness (QED) is 0.741. The smallest absolute Gasteiger partial charge is 0.263 e. The van der Waals surface area contributed by atoms with Gasteiger partial charge in [0, 0.05) is 25.0 Å². The summed E-state index contributed by atoms with van der Waals surface area (Å²) < 4.78 is 5.24. The first kappa shape index (κ1) is 14.1. The Bertz CT molecular complexity index is 793. The van der Waals surface area contributed by atoms with Crippen molar-refractivity contribution in [3.8, 4) is 0 Å². The second-order valence-electron chi connectivity index (χ2n) is 6.10. The van der Waals surface area contributed by atoms with Crippen LogP contribution >= 0.6 is 0 Å². The van der Waals surface area contributed by atoms with Gasteiger partial charge >= 0.3 is 0 Å². The number of hydrogen-bond donors (Lipinski definition) is 0. The van der Waals surface area contributed by atoms with Crippen LogP contribution in [0.3, 0.4) is 0 Å². The average Bonchev–Trinajstić information content (AvgIpc) is 2.98. The van der Waals surface area contributed by atoms with Gasteiger partial charge in [-0.25, -0.2) is 4.98 Å². The number of fused-ring (bicyclic) bond motifs is 1. The molecule has 0 spiro atoms. The zero-order valence-electron chi connectivity index (χ0n) is 13.1. The van der Waals surface area contributed by atoms with E-state index in [1.807, 2.05) is 19.2 Å². The highest BCUT2D eigenvalue weighted by atomic mass is 16.5. The van der Waals surface area contributed by atoms with Gasteiger partial charge < -0.3 is 9.42 Å². The van der Waals surface area contributed by atoms with Crippen molar-refractivity contribution in [2.24, 2.45) is 5.92 Å². The van der Waals surface area contributed by atoms with Crippen LogP contribution in [0.5, 0.6) is 0 Å². The summed E-state index contributed by atoms with van der Waals surface area (Å²) in [6.07, 6.45) is 6.78. The van der Waals surface area contributed by atoms with E-state index in [0.29, 0.717) is 11.6 Å². The van der Waals surface area contributed by atoms with Crippen molar-refractivity contribution in [2.75, 3.05) is 18.0 Å². The maximum Gasteiger partial charge on any atom is 0.263 e. The molecule has 0 saturated carbocycles. The Hall–Kier alpha value is -2.50. The lowest BCUT2D eigenvalue weighted by Crippen LogP contribution is -2.35. The second-order valence-corrected chi connectivity index (χ2v) is 6.10. The van der Waals surface area contributed by atoms with Crippen LogP contribution in [0.25, 0.3) is 11.1 Å². The molecule has 0 atom stereocenters. The predicted octanol–water partition coefficient (Wildman–Crippen LogP) is 2.78. The molecule has 0 unspecified atom stereocenters. The summed E-state index contributed by atoms with van der Waals surface area (Å²) in [5, 5.41) is 4.95. The maximum absolute atomic E-state index is 5.24. The summed E-state index contributed by atoms with van der Waals surface area (Å²) >= 11 is 0. The molecule has 6 nitrogen and oxygen atoms in total. The van der Waals surface area contributed by atoms with Crippen LogP contribution in [0.1, 0.15) is 24.2 Å². The van der Waals surface area contributed by atoms with E-state index in [9.17, 15) is 0 Å². The highest BCUT2D eigenvalue weighted by Crippen LogP contribution is 2.30. The van der Waals surface area contributed by atoms with E-state index in [1.54, 1.807) is 6.33 Å². The number of hydrogen-bond acceptors (Lipinski definition) is 6. The molecule has 3 aromatic heterocycles. The van der Waals surface area contributed by atoms with Crippen molar-refractivity contribution in [3.63, 3.8) is 0 Å². The fourth-order valence-corrected chi connectivity index (χ4v) is 3.31. The van der Waals surface area contributed by atoms with E-state index < -0.39 is 0 Å². The van der Waals surface area contributed by atoms with Gasteiger partial charge in [0.1, 0.15) is 17.5 Å². The summed E-state index contributed by atoms with van der Waals surface area (Å²) in [6.45, 7) is 3.93. The molecule has 4 heterocycles. The molecule has 3 aromatic rings. The molecule has 23 heavy (non-hydrogen) atoms. The van der Waals surface area contributed by atoms with Crippen molar-refractivity contribution in [1.82, 2.24) is 20.1 Å². The number of aromatic nitrogens is 4. The number of pyridine rings is 1. The molecular weight excluding hydrogens is 290 g/mol. The zero-order chi connectivity index (χ0) is 15.6. The van der Waals surface area contributed by atoms with Gasteiger partial charge in [0.25, 0.3) is 5.71 Å². The molecule has 118 valence electrons. The maximum atomic E-state index is 5.24. The van der Waals surface area contributed by atoms with Gasteiger partial charge in [-0.2, -0.15) is 4.98 Å². The minimum atomic E-state index is 0.572. The lowest BCUT2D eigenvalue weighted by molar-refractivity contribution is 0.399. The number of nitrogens with zero attached hydrogens (tertiary/aromatic N) is 5. The molecule has 0 aromatic carbocycles. The third-order valence-corrected chi connectivity index (χ3v) is 4.56. The summed E-state index contributed by atoms with van der Waals surface area (Å²) in [4.78, 5) is 15.4. The molecular formula is C17H19N5O. The van der Waals surface area contributed by atoms with Gasteiger partial charge in [0.15, 0.2) is 0 Å². The van der Waals surface area contributed by atoms with E-state index in [2.05, 4.69) is 37.1 Å². The summed E-state index contributed by atoms with van der Waals surface area (Å²) in [5.74, 6) is 1.63. The highest BCUT2D eigenvalue weighted by Gasteiger charge is 2.24. The van der Waals surface area contributed by atoms with Gasteiger partial charge in [0.2, 0.25) is 0 Å². The number of anilines is 1. The minimum Gasteiger partial charge on any atom is -0.356 e. The lowest BCUT2D eigenvalue weighted by atomic mass is 9.92. The standard InChI is InChI=1S/C17H19N5O/c1-12-15-16(19-11-20-17(15)23-21-12)22-8-5-13(6-9-22)10-14-4-2-3-7-18-14/h2-4,7,11,13H,5-6,8-10H2,1H3. The first-order chi connectivity index (χ1) is 11.3. The molecule has 6 heteroatoms. The van der Waals surface area contributed by atoms with E-state index >= 15 is 0 Å². The average molecular weight is 309 g/mol. The van der Waals surface area contributed by atoms with Gasteiger partial charge in [-0.1, -0.05) is 11.2 Å². The topological polar surface area (TPSA) is 67.9 Å². The third kappa shape index (κ3) is 2.76. The van der Waals surface area contributed by atoms with Crippen LogP contribution in [0, 0.1) is 12.8 Å². The van der Waals surface area contributed by atoms with Crippen molar-refractivity contribution in [3.05, 3.63) is 42.1 Å². The minimum absolute atomic E-state index is 0.572. The molecule has 0 N–H and O–H groups in total. The molecule has 1 aliphatic rings. The Kier molecular flexibility index (Phi) is 3.65. The van der Waals surface area contributed by atoms with Crippen molar-refractivity contribution in [2.45, 2.75) is 26.2 Å². The van der Waals surface area contributed by atoms with Gasteiger partial charge in [-0.05, 0) is 44.2 Å². The van der Waals surface area contributed by atoms with Crippen molar-refractivity contribution in [1.29, 1.82) is 0 Å². The number of rotatable bonds is 3. The van der Waals surface area contributed by atoms with Crippen LogP contribution in [0.2, 0.25) is 0 Å². The molecule has 0 aliphatic carbocycles. The van der Waals surface area contributed by atoms with Crippen LogP contribution in [-0.4, -0.2) is 33.2 Å². The molecule has 0 radical (unpaired) electrons. The fraction of sp³-hybridized carbons (Fsp3) is 0.412. The molecule has 0 bridgehead atoms. The number of aryl methyl sites for hydroxylation is 1. The van der Waals surface area contributed by atoms with Crippen molar-refractivity contribution < 1.29 is 4.52 Å². The normalized spacial score (nSPS) is 16.1. The largest absolute Gasteiger partial charge is 0.356 e. The van der Waals surface area contributed by atoms with E-state index in [0.717, 1.165) is 49.2 Å². The first-order valence-corrected chi connectivity index (χ1v) is 8.03. The SMILES string of the molecule is Cc1noc2ncnc(N3CCC(Cc4ccccn4)CC3)c12. The molecule has 1 aliphatic heterocycles. The van der Waals surface area contributed by atoms with Gasteiger partial charge in [0.05, 0.1) is 5.69 Å². The summed E-state index contributed by atoms with van der Waals surface area (Å²) in [5.41, 5.74) is 2.61. The molecule has 4 rings (SSSR count). The van der Waals surface area contributed by atoms with Gasteiger partial charge in [-0.3, -0.25) is 4.98 Å². The Morgan fingerprint density at radius 1 is 1.17 bits per heavy atom. The third-order valence-electron chi connectivity index (χ3n) is 4.56. The second kappa shape index (κ2) is 5.95. The van der Waals surface area contributed by atoms with E-state index in [-0.39, 0.29) is 0 Å². The fourth-order valence-electron chi connectivity index (χ4n) is 3.31. The summed E-state index contributed by atoms with van der Waals surface area (Å²) in [6, 6.07) is 6.14. The number of piperidine rings is 1. The molecule has 1 saturated heterocycles. The van der Waals surface area contributed by atoms with Crippen LogP contribution < -0.4 is 4.90 Å². The van der Waals surface area contributed by atoms with Crippen LogP contribution in [-0.2, 0) is 6.42 Å². The molecule has 0 amide bonds. The first-order valence-electron chi connectivity index (χ1n) is 8.03. The van der Waals surface area contributed by atoms with Crippen molar-refractivity contribution >= 4 is 16.9 Å². The zero-order valence-corrected chi connectivity index (χ0v) is 13.1. The molecule has 1 fully saturated rings. The van der Waals surface area contributed by atoms with Gasteiger partial charge in [-0.15, -0.1) is 0 Å². The Morgan fingerprint density at radius 2 is 2.04 bits per heavy atom. The monoisotopic (exact) mass is 309 g/mol. The Balaban J connectivity index is 1.48. The Morgan fingerprint density at radius 3 is 2.83 bits per heavy atom. The van der Waals surface area contributed by atoms with E-state index in [1.165, 1.54) is 5.69 Å². The summed E-state index contributed by atoms with van der Waals surface area (Å²) in [7, 11) is 0. The van der Waals surface area contributed by atoms with Crippen LogP contribution in [0.15, 0.2) is 35.2 Å². The Labute approximate surface area is 134 Å².